The predicted octanol–water partition coefficient (Wildman–Crippen LogP) is 7.82. The van der Waals surface area contributed by atoms with E-state index in [-0.39, 0.29) is 0 Å². The fourth-order valence-electron chi connectivity index (χ4n) is 4.33. The molecule has 0 saturated carbocycles. The maximum Gasteiger partial charge on any atom is 0.321 e. The van der Waals surface area contributed by atoms with Gasteiger partial charge in [-0.05, 0) is 44.8 Å². The van der Waals surface area contributed by atoms with Gasteiger partial charge in [0, 0.05) is 25.4 Å². The highest BCUT2D eigenvalue weighted by Gasteiger charge is 2.11. The lowest BCUT2D eigenvalue weighted by Crippen LogP contribution is -2.37. The average Bonchev–Trinajstić information content (AvgIpc) is 2.93. The lowest BCUT2D eigenvalue weighted by molar-refractivity contribution is 0.0356. The molecule has 0 N–H and O–H groups in total. The van der Waals surface area contributed by atoms with Crippen molar-refractivity contribution in [2.75, 3.05) is 51.5 Å². The predicted molar refractivity (Wildman–Crippen MR) is 159 cm³/mol. The van der Waals surface area contributed by atoms with Gasteiger partial charge < -0.3 is 9.47 Å². The number of hydrogen-bond donors (Lipinski definition) is 0. The van der Waals surface area contributed by atoms with Crippen molar-refractivity contribution >= 4 is 23.5 Å². The van der Waals surface area contributed by atoms with E-state index >= 15 is 0 Å². The summed E-state index contributed by atoms with van der Waals surface area (Å²) in [6.45, 7) is 7.64. The second kappa shape index (κ2) is 23.1. The molecule has 2 rings (SSSR count). The Kier molecular flexibility index (Phi) is 20.2. The third-order valence-electron chi connectivity index (χ3n) is 6.60. The maximum atomic E-state index is 5.87. The normalized spacial score (nSPS) is 14.5. The number of morpholine rings is 1. The number of allylic oxidation sites excluding steroid dienone is 2. The van der Waals surface area contributed by atoms with E-state index in [1.54, 1.807) is 23.5 Å². The zero-order valence-corrected chi connectivity index (χ0v) is 25.3. The van der Waals surface area contributed by atoms with Gasteiger partial charge in [0.1, 0.15) is 0 Å². The summed E-state index contributed by atoms with van der Waals surface area (Å²) in [7, 11) is 0. The molecule has 8 heteroatoms. The number of ether oxygens (including phenoxy) is 2. The van der Waals surface area contributed by atoms with Gasteiger partial charge in [0.05, 0.1) is 19.8 Å². The van der Waals surface area contributed by atoms with Crippen molar-refractivity contribution in [2.45, 2.75) is 114 Å². The van der Waals surface area contributed by atoms with Crippen molar-refractivity contribution in [1.82, 2.24) is 19.9 Å². The van der Waals surface area contributed by atoms with Crippen molar-refractivity contribution in [3.05, 3.63) is 12.2 Å². The summed E-state index contributed by atoms with van der Waals surface area (Å²) in [6.07, 6.45) is 26.5. The molecule has 0 spiro atoms. The molecule has 2 heterocycles. The van der Waals surface area contributed by atoms with Gasteiger partial charge in [-0.1, -0.05) is 100 Å². The smallest absolute Gasteiger partial charge is 0.321 e. The monoisotopic (exact) mass is 552 g/mol. The molecule has 0 aromatic carbocycles. The third-order valence-corrected chi connectivity index (χ3v) is 8.08. The van der Waals surface area contributed by atoms with Gasteiger partial charge >= 0.3 is 6.01 Å². The molecule has 0 atom stereocenters. The lowest BCUT2D eigenvalue weighted by Gasteiger charge is -2.26. The first-order chi connectivity index (χ1) is 18.3. The number of aromatic nitrogens is 3. The van der Waals surface area contributed by atoms with Crippen molar-refractivity contribution in [1.29, 1.82) is 0 Å². The Morgan fingerprint density at radius 3 is 2.08 bits per heavy atom. The quantitative estimate of drug-likeness (QED) is 0.0773. The van der Waals surface area contributed by atoms with Gasteiger partial charge in [-0.25, -0.2) is 0 Å². The van der Waals surface area contributed by atoms with Crippen LogP contribution in [0.3, 0.4) is 0 Å². The van der Waals surface area contributed by atoms with Crippen LogP contribution in [0.2, 0.25) is 0 Å². The van der Waals surface area contributed by atoms with Crippen LogP contribution >= 0.6 is 23.5 Å². The summed E-state index contributed by atoms with van der Waals surface area (Å²) in [5.41, 5.74) is 0. The van der Waals surface area contributed by atoms with Crippen LogP contribution in [0.4, 0.5) is 0 Å². The number of unbranched alkanes of at least 4 members (excludes halogenated alkanes) is 12. The van der Waals surface area contributed by atoms with E-state index in [0.717, 1.165) is 55.3 Å². The molecule has 1 aliphatic heterocycles. The van der Waals surface area contributed by atoms with Crippen LogP contribution in [0, 0.1) is 0 Å². The van der Waals surface area contributed by atoms with E-state index in [9.17, 15) is 0 Å². The molecule has 0 aliphatic carbocycles. The summed E-state index contributed by atoms with van der Waals surface area (Å²) in [5.74, 6) is 1.05. The van der Waals surface area contributed by atoms with Gasteiger partial charge in [-0.15, -0.1) is 0 Å². The Labute approximate surface area is 235 Å². The molecular weight excluding hydrogens is 500 g/mol. The first-order valence-corrected chi connectivity index (χ1v) is 17.0. The van der Waals surface area contributed by atoms with E-state index in [0.29, 0.717) is 12.6 Å². The second-order valence-corrected chi connectivity index (χ2v) is 11.7. The largest absolute Gasteiger partial charge is 0.463 e. The van der Waals surface area contributed by atoms with Crippen LogP contribution < -0.4 is 4.74 Å². The fraction of sp³-hybridized carbons (Fsp3) is 0.828. The summed E-state index contributed by atoms with van der Waals surface area (Å²) >= 11 is 3.27. The van der Waals surface area contributed by atoms with Crippen molar-refractivity contribution in [3.63, 3.8) is 0 Å². The lowest BCUT2D eigenvalue weighted by atomic mass is 10.1. The Morgan fingerprint density at radius 2 is 1.41 bits per heavy atom. The maximum absolute atomic E-state index is 5.87. The Bertz CT molecular complexity index is 702. The number of hydrogen-bond acceptors (Lipinski definition) is 8. The SMILES string of the molecule is CCCCCCCC/C=C\CCCCCCCCSc1nc(OCCCN2CCOCC2)nc(SC)n1. The number of thioether (sulfide) groups is 2. The minimum Gasteiger partial charge on any atom is -0.463 e. The van der Waals surface area contributed by atoms with Gasteiger partial charge in [0.15, 0.2) is 10.3 Å². The first kappa shape index (κ1) is 32.4. The van der Waals surface area contributed by atoms with Crippen molar-refractivity contribution < 1.29 is 9.47 Å². The zero-order chi connectivity index (χ0) is 26.2. The highest BCUT2D eigenvalue weighted by Crippen LogP contribution is 2.21. The molecule has 1 saturated heterocycles. The summed E-state index contributed by atoms with van der Waals surface area (Å²) in [4.78, 5) is 16.0. The van der Waals surface area contributed by atoms with E-state index in [1.165, 1.54) is 89.9 Å². The molecule has 0 radical (unpaired) electrons. The van der Waals surface area contributed by atoms with E-state index < -0.39 is 0 Å². The van der Waals surface area contributed by atoms with Crippen LogP contribution in [-0.2, 0) is 4.74 Å². The van der Waals surface area contributed by atoms with Crippen molar-refractivity contribution in [3.8, 4) is 6.01 Å². The second-order valence-electron chi connectivity index (χ2n) is 9.83. The summed E-state index contributed by atoms with van der Waals surface area (Å²) < 4.78 is 11.3. The summed E-state index contributed by atoms with van der Waals surface area (Å²) in [5, 5.41) is 1.52. The van der Waals surface area contributed by atoms with Crippen LogP contribution in [0.25, 0.3) is 0 Å². The van der Waals surface area contributed by atoms with E-state index in [2.05, 4.69) is 38.9 Å². The Morgan fingerprint density at radius 1 is 0.784 bits per heavy atom. The molecule has 1 aromatic rings. The van der Waals surface area contributed by atoms with Gasteiger partial charge in [0.2, 0.25) is 0 Å². The highest BCUT2D eigenvalue weighted by atomic mass is 32.2. The molecule has 0 bridgehead atoms. The molecule has 1 fully saturated rings. The number of nitrogens with zero attached hydrogens (tertiary/aromatic N) is 4. The minimum atomic E-state index is 0.463. The zero-order valence-electron chi connectivity index (χ0n) is 23.6. The minimum absolute atomic E-state index is 0.463. The van der Waals surface area contributed by atoms with E-state index in [1.807, 2.05) is 6.26 Å². The highest BCUT2D eigenvalue weighted by molar-refractivity contribution is 7.99. The molecule has 212 valence electrons. The molecule has 0 unspecified atom stereocenters. The van der Waals surface area contributed by atoms with Gasteiger partial charge in [-0.2, -0.15) is 15.0 Å². The number of rotatable bonds is 23. The molecule has 6 nitrogen and oxygen atoms in total. The Balaban J connectivity index is 1.46. The Hall–Kier alpha value is -0.830. The van der Waals surface area contributed by atoms with Gasteiger partial charge in [0.25, 0.3) is 0 Å². The van der Waals surface area contributed by atoms with E-state index in [4.69, 9.17) is 9.47 Å². The average molecular weight is 553 g/mol. The molecule has 1 aromatic heterocycles. The van der Waals surface area contributed by atoms with Crippen molar-refractivity contribution in [2.24, 2.45) is 0 Å². The van der Waals surface area contributed by atoms with Crippen LogP contribution in [0.1, 0.15) is 103 Å². The molecule has 0 amide bonds. The molecule has 1 aliphatic rings. The van der Waals surface area contributed by atoms with Crippen LogP contribution in [0.5, 0.6) is 6.01 Å². The summed E-state index contributed by atoms with van der Waals surface area (Å²) in [6, 6.07) is 0.463. The standard InChI is InChI=1S/C29H52N4O2S2/c1-3-4-5-6-7-8-9-10-11-12-13-14-15-16-17-18-26-37-29-31-27(30-28(32-29)36-2)35-23-19-20-33-21-24-34-25-22-33/h10-11H,3-9,12-26H2,1-2H3/b11-10-. The van der Waals surface area contributed by atoms with Crippen LogP contribution in [-0.4, -0.2) is 71.3 Å². The molecule has 37 heavy (non-hydrogen) atoms. The topological polar surface area (TPSA) is 60.4 Å². The molecular formula is C29H52N4O2S2. The van der Waals surface area contributed by atoms with Crippen LogP contribution in [0.15, 0.2) is 22.5 Å². The fourth-order valence-corrected chi connectivity index (χ4v) is 5.56. The van der Waals surface area contributed by atoms with Gasteiger partial charge in [-0.3, -0.25) is 4.90 Å². The third kappa shape index (κ3) is 17.4. The first-order valence-electron chi connectivity index (χ1n) is 14.8.